The largest absolute Gasteiger partial charge is 0.480 e. The van der Waals surface area contributed by atoms with Crippen molar-refractivity contribution in [2.75, 3.05) is 13.6 Å². The van der Waals surface area contributed by atoms with Crippen molar-refractivity contribution >= 4 is 17.6 Å². The standard InChI is InChI=1S/C12H14ClNO2/c1-14(7-12(15)16)11-6-5-8-9(11)3-2-4-10(8)13/h2-4,11H,5-7H2,1H3,(H,15,16). The Morgan fingerprint density at radius 3 is 3.06 bits per heavy atom. The zero-order chi connectivity index (χ0) is 11.7. The Hall–Kier alpha value is -1.06. The number of aliphatic carboxylic acids is 1. The number of carbonyl (C=O) groups is 1. The fourth-order valence-electron chi connectivity index (χ4n) is 2.37. The molecular formula is C12H14ClNO2. The number of rotatable bonds is 3. The molecule has 0 saturated carbocycles. The van der Waals surface area contributed by atoms with Crippen LogP contribution in [0.1, 0.15) is 23.6 Å². The van der Waals surface area contributed by atoms with Crippen LogP contribution in [0, 0.1) is 0 Å². The molecule has 4 heteroatoms. The minimum Gasteiger partial charge on any atom is -0.480 e. The van der Waals surface area contributed by atoms with Crippen molar-refractivity contribution in [2.24, 2.45) is 0 Å². The highest BCUT2D eigenvalue weighted by molar-refractivity contribution is 6.31. The summed E-state index contributed by atoms with van der Waals surface area (Å²) >= 11 is 6.11. The van der Waals surface area contributed by atoms with Crippen molar-refractivity contribution in [2.45, 2.75) is 18.9 Å². The molecule has 1 aromatic carbocycles. The normalized spacial score (nSPS) is 18.8. The molecule has 0 amide bonds. The summed E-state index contributed by atoms with van der Waals surface area (Å²) in [6.07, 6.45) is 1.88. The van der Waals surface area contributed by atoms with Crippen LogP contribution < -0.4 is 0 Å². The lowest BCUT2D eigenvalue weighted by Crippen LogP contribution is -2.28. The SMILES string of the molecule is CN(CC(=O)O)C1CCc2c(Cl)cccc21. The first kappa shape index (κ1) is 11.4. The summed E-state index contributed by atoms with van der Waals surface area (Å²) in [5.41, 5.74) is 2.35. The topological polar surface area (TPSA) is 40.5 Å². The van der Waals surface area contributed by atoms with E-state index in [1.165, 1.54) is 11.1 Å². The predicted octanol–water partition coefficient (Wildman–Crippen LogP) is 2.34. The zero-order valence-electron chi connectivity index (χ0n) is 9.11. The lowest BCUT2D eigenvalue weighted by Gasteiger charge is -2.23. The molecule has 3 nitrogen and oxygen atoms in total. The monoisotopic (exact) mass is 239 g/mol. The van der Waals surface area contributed by atoms with Crippen molar-refractivity contribution in [3.63, 3.8) is 0 Å². The summed E-state index contributed by atoms with van der Waals surface area (Å²) in [6.45, 7) is 0.0661. The van der Waals surface area contributed by atoms with Gasteiger partial charge in [0.1, 0.15) is 0 Å². The maximum atomic E-state index is 10.7. The molecule has 1 aliphatic rings. The van der Waals surface area contributed by atoms with E-state index in [1.807, 2.05) is 30.1 Å². The van der Waals surface area contributed by atoms with Crippen LogP contribution in [0.5, 0.6) is 0 Å². The minimum atomic E-state index is -0.794. The van der Waals surface area contributed by atoms with Crippen LogP contribution in [0.25, 0.3) is 0 Å². The number of carboxylic acids is 1. The highest BCUT2D eigenvalue weighted by Crippen LogP contribution is 2.38. The van der Waals surface area contributed by atoms with Gasteiger partial charge < -0.3 is 5.11 Å². The highest BCUT2D eigenvalue weighted by Gasteiger charge is 2.27. The van der Waals surface area contributed by atoms with Crippen molar-refractivity contribution < 1.29 is 9.90 Å². The molecule has 1 N–H and O–H groups in total. The molecule has 1 atom stereocenters. The van der Waals surface area contributed by atoms with Gasteiger partial charge in [0.05, 0.1) is 6.54 Å². The number of nitrogens with zero attached hydrogens (tertiary/aromatic N) is 1. The second-order valence-corrected chi connectivity index (χ2v) is 4.58. The number of benzene rings is 1. The lowest BCUT2D eigenvalue weighted by atomic mass is 10.1. The summed E-state index contributed by atoms with van der Waals surface area (Å²) in [6, 6.07) is 6.04. The second kappa shape index (κ2) is 4.44. The van der Waals surface area contributed by atoms with Crippen LogP contribution in [-0.4, -0.2) is 29.6 Å². The first-order valence-corrected chi connectivity index (χ1v) is 5.66. The Labute approximate surface area is 99.6 Å². The molecule has 1 aromatic rings. The highest BCUT2D eigenvalue weighted by atomic mass is 35.5. The van der Waals surface area contributed by atoms with Gasteiger partial charge in [0.2, 0.25) is 0 Å². The van der Waals surface area contributed by atoms with E-state index in [-0.39, 0.29) is 12.6 Å². The van der Waals surface area contributed by atoms with Gasteiger partial charge in [0, 0.05) is 11.1 Å². The first-order valence-electron chi connectivity index (χ1n) is 5.29. The Balaban J connectivity index is 2.23. The van der Waals surface area contributed by atoms with Gasteiger partial charge in [-0.05, 0) is 37.1 Å². The molecule has 0 fully saturated rings. The average molecular weight is 240 g/mol. The van der Waals surface area contributed by atoms with Crippen LogP contribution in [0.3, 0.4) is 0 Å². The Bertz CT molecular complexity index is 419. The van der Waals surface area contributed by atoms with Gasteiger partial charge in [0.15, 0.2) is 0 Å². The summed E-state index contributed by atoms with van der Waals surface area (Å²) in [4.78, 5) is 12.5. The van der Waals surface area contributed by atoms with E-state index in [2.05, 4.69) is 0 Å². The number of fused-ring (bicyclic) bond motifs is 1. The van der Waals surface area contributed by atoms with E-state index in [9.17, 15) is 4.79 Å². The van der Waals surface area contributed by atoms with Gasteiger partial charge in [0.25, 0.3) is 0 Å². The first-order chi connectivity index (χ1) is 7.59. The van der Waals surface area contributed by atoms with Gasteiger partial charge in [-0.25, -0.2) is 0 Å². The molecule has 0 bridgehead atoms. The summed E-state index contributed by atoms with van der Waals surface area (Å²) in [5, 5.41) is 9.57. The van der Waals surface area contributed by atoms with Crippen molar-refractivity contribution in [3.05, 3.63) is 34.3 Å². The fourth-order valence-corrected chi connectivity index (χ4v) is 2.65. The molecule has 1 unspecified atom stereocenters. The molecule has 2 rings (SSSR count). The molecule has 0 aromatic heterocycles. The summed E-state index contributed by atoms with van der Waals surface area (Å²) in [5.74, 6) is -0.794. The molecule has 0 radical (unpaired) electrons. The molecule has 0 spiro atoms. The fraction of sp³-hybridized carbons (Fsp3) is 0.417. The Morgan fingerprint density at radius 2 is 2.38 bits per heavy atom. The van der Waals surface area contributed by atoms with Gasteiger partial charge >= 0.3 is 5.97 Å². The van der Waals surface area contributed by atoms with Gasteiger partial charge in [-0.2, -0.15) is 0 Å². The van der Waals surface area contributed by atoms with E-state index in [4.69, 9.17) is 16.7 Å². The van der Waals surface area contributed by atoms with Crippen LogP contribution >= 0.6 is 11.6 Å². The molecule has 86 valence electrons. The van der Waals surface area contributed by atoms with E-state index in [0.29, 0.717) is 0 Å². The van der Waals surface area contributed by atoms with Gasteiger partial charge in [-0.15, -0.1) is 0 Å². The summed E-state index contributed by atoms with van der Waals surface area (Å²) < 4.78 is 0. The maximum Gasteiger partial charge on any atom is 0.317 e. The third-order valence-corrected chi connectivity index (χ3v) is 3.45. The molecule has 16 heavy (non-hydrogen) atoms. The van der Waals surface area contributed by atoms with Crippen LogP contribution in [0.15, 0.2) is 18.2 Å². The van der Waals surface area contributed by atoms with E-state index >= 15 is 0 Å². The third-order valence-electron chi connectivity index (χ3n) is 3.10. The van der Waals surface area contributed by atoms with Crippen molar-refractivity contribution in [3.8, 4) is 0 Å². The van der Waals surface area contributed by atoms with E-state index < -0.39 is 5.97 Å². The molecule has 0 saturated heterocycles. The maximum absolute atomic E-state index is 10.7. The van der Waals surface area contributed by atoms with E-state index in [0.717, 1.165) is 17.9 Å². The van der Waals surface area contributed by atoms with E-state index in [1.54, 1.807) is 0 Å². The third kappa shape index (κ3) is 2.06. The Kier molecular flexibility index (Phi) is 3.17. The molecule has 0 heterocycles. The number of hydrogen-bond donors (Lipinski definition) is 1. The van der Waals surface area contributed by atoms with Gasteiger partial charge in [-0.3, -0.25) is 9.69 Å². The minimum absolute atomic E-state index is 0.0661. The smallest absolute Gasteiger partial charge is 0.317 e. The molecular weight excluding hydrogens is 226 g/mol. The van der Waals surface area contributed by atoms with Crippen molar-refractivity contribution in [1.82, 2.24) is 4.90 Å². The Morgan fingerprint density at radius 1 is 1.62 bits per heavy atom. The molecule has 1 aliphatic carbocycles. The number of hydrogen-bond acceptors (Lipinski definition) is 2. The number of halogens is 1. The number of likely N-dealkylation sites (N-methyl/N-ethyl adjacent to an activating group) is 1. The van der Waals surface area contributed by atoms with Crippen LogP contribution in [0.4, 0.5) is 0 Å². The lowest BCUT2D eigenvalue weighted by molar-refractivity contribution is -0.138. The predicted molar refractivity (Wildman–Crippen MR) is 62.8 cm³/mol. The van der Waals surface area contributed by atoms with Crippen LogP contribution in [-0.2, 0) is 11.2 Å². The molecule has 0 aliphatic heterocycles. The second-order valence-electron chi connectivity index (χ2n) is 4.17. The number of carboxylic acid groups (broad SMARTS) is 1. The van der Waals surface area contributed by atoms with Crippen molar-refractivity contribution in [1.29, 1.82) is 0 Å². The van der Waals surface area contributed by atoms with Crippen LogP contribution in [0.2, 0.25) is 5.02 Å². The zero-order valence-corrected chi connectivity index (χ0v) is 9.87. The summed E-state index contributed by atoms with van der Waals surface area (Å²) in [7, 11) is 1.84. The van der Waals surface area contributed by atoms with Gasteiger partial charge in [-0.1, -0.05) is 23.7 Å². The quantitative estimate of drug-likeness (QED) is 0.880. The average Bonchev–Trinajstić information content (AvgIpc) is 2.61.